The first kappa shape index (κ1) is 18.6. The van der Waals surface area contributed by atoms with Crippen molar-refractivity contribution < 1.29 is 19.1 Å². The molecule has 0 radical (unpaired) electrons. The van der Waals surface area contributed by atoms with Gasteiger partial charge in [-0.1, -0.05) is 48.5 Å². The van der Waals surface area contributed by atoms with Crippen LogP contribution in [0.1, 0.15) is 22.0 Å². The van der Waals surface area contributed by atoms with Gasteiger partial charge < -0.3 is 20.5 Å². The van der Waals surface area contributed by atoms with Gasteiger partial charge in [0.1, 0.15) is 19.4 Å². The van der Waals surface area contributed by atoms with Crippen molar-refractivity contribution in [1.29, 1.82) is 0 Å². The first-order valence-electron chi connectivity index (χ1n) is 8.53. The number of amides is 2. The summed E-state index contributed by atoms with van der Waals surface area (Å²) in [6.07, 6.45) is 2.19. The summed E-state index contributed by atoms with van der Waals surface area (Å²) in [6, 6.07) is 17.8. The molecule has 7 nitrogen and oxygen atoms in total. The molecule has 3 rings (SSSR count). The average molecular weight is 367 g/mol. The Balaban J connectivity index is 1.64. The molecular formula is C20H21N3O4. The second kappa shape index (κ2) is 8.98. The van der Waals surface area contributed by atoms with E-state index in [1.807, 2.05) is 36.4 Å². The van der Waals surface area contributed by atoms with Crippen LogP contribution in [-0.2, 0) is 9.47 Å². The smallest absolute Gasteiger partial charge is 0.338 e. The molecule has 0 aromatic heterocycles. The summed E-state index contributed by atoms with van der Waals surface area (Å²) in [5, 5.41) is 2.58. The topological polar surface area (TPSA) is 93.9 Å². The van der Waals surface area contributed by atoms with E-state index in [9.17, 15) is 9.59 Å². The van der Waals surface area contributed by atoms with E-state index in [1.165, 1.54) is 4.90 Å². The van der Waals surface area contributed by atoms with Crippen molar-refractivity contribution in [1.82, 2.24) is 10.2 Å². The molecule has 7 heteroatoms. The number of hydrogen-bond donors (Lipinski definition) is 2. The molecule has 0 saturated carbocycles. The van der Waals surface area contributed by atoms with Crippen molar-refractivity contribution in [2.75, 3.05) is 13.3 Å². The molecule has 1 aliphatic rings. The lowest BCUT2D eigenvalue weighted by Crippen LogP contribution is -2.50. The Kier molecular flexibility index (Phi) is 6.19. The van der Waals surface area contributed by atoms with Gasteiger partial charge in [-0.05, 0) is 23.8 Å². The number of ether oxygens (including phenoxy) is 2. The number of benzene rings is 2. The van der Waals surface area contributed by atoms with Crippen LogP contribution in [-0.4, -0.2) is 36.4 Å². The Morgan fingerprint density at radius 1 is 1.11 bits per heavy atom. The highest BCUT2D eigenvalue weighted by atomic mass is 16.6. The summed E-state index contributed by atoms with van der Waals surface area (Å²) >= 11 is 0. The Morgan fingerprint density at radius 2 is 1.78 bits per heavy atom. The molecule has 0 saturated heterocycles. The zero-order valence-corrected chi connectivity index (χ0v) is 14.7. The van der Waals surface area contributed by atoms with Crippen LogP contribution in [0.3, 0.4) is 0 Å². The van der Waals surface area contributed by atoms with E-state index in [1.54, 1.807) is 36.5 Å². The van der Waals surface area contributed by atoms with E-state index >= 15 is 0 Å². The highest BCUT2D eigenvalue weighted by molar-refractivity contribution is 5.89. The van der Waals surface area contributed by atoms with Gasteiger partial charge in [0.2, 0.25) is 0 Å². The second-order valence-electron chi connectivity index (χ2n) is 5.95. The third-order valence-corrected chi connectivity index (χ3v) is 3.99. The monoisotopic (exact) mass is 367 g/mol. The maximum Gasteiger partial charge on any atom is 0.338 e. The lowest BCUT2D eigenvalue weighted by molar-refractivity contribution is -0.0341. The summed E-state index contributed by atoms with van der Waals surface area (Å²) in [5.41, 5.74) is 6.94. The van der Waals surface area contributed by atoms with Crippen molar-refractivity contribution in [2.24, 2.45) is 5.73 Å². The number of carbonyl (C=O) groups is 2. The van der Waals surface area contributed by atoms with Crippen LogP contribution in [0.4, 0.5) is 4.79 Å². The minimum Gasteiger partial charge on any atom is -0.459 e. The molecule has 2 unspecified atom stereocenters. The first-order valence-corrected chi connectivity index (χ1v) is 8.53. The van der Waals surface area contributed by atoms with Crippen molar-refractivity contribution in [3.8, 4) is 0 Å². The van der Waals surface area contributed by atoms with Crippen LogP contribution >= 0.6 is 0 Å². The highest BCUT2D eigenvalue weighted by Gasteiger charge is 2.21. The van der Waals surface area contributed by atoms with Gasteiger partial charge in [0.15, 0.2) is 0 Å². The average Bonchev–Trinajstić information content (AvgIpc) is 2.70. The van der Waals surface area contributed by atoms with Gasteiger partial charge in [0, 0.05) is 6.20 Å². The molecule has 0 aliphatic carbocycles. The van der Waals surface area contributed by atoms with Crippen molar-refractivity contribution in [3.63, 3.8) is 0 Å². The van der Waals surface area contributed by atoms with E-state index in [0.29, 0.717) is 5.56 Å². The lowest BCUT2D eigenvalue weighted by Gasteiger charge is -2.27. The molecule has 1 heterocycles. The number of nitrogens with zero attached hydrogens (tertiary/aromatic N) is 1. The quantitative estimate of drug-likeness (QED) is 0.733. The Hall–Kier alpha value is -3.16. The van der Waals surface area contributed by atoms with E-state index in [4.69, 9.17) is 15.2 Å². The van der Waals surface area contributed by atoms with E-state index in [0.717, 1.165) is 5.56 Å². The highest BCUT2D eigenvalue weighted by Crippen LogP contribution is 2.19. The third-order valence-electron chi connectivity index (χ3n) is 3.99. The number of urea groups is 1. The van der Waals surface area contributed by atoms with Gasteiger partial charge in [0.05, 0.1) is 11.7 Å². The number of carbonyl (C=O) groups excluding carboxylic acids is 2. The summed E-state index contributed by atoms with van der Waals surface area (Å²) in [7, 11) is 0. The Morgan fingerprint density at radius 3 is 2.44 bits per heavy atom. The van der Waals surface area contributed by atoms with Gasteiger partial charge in [-0.2, -0.15) is 0 Å². The van der Waals surface area contributed by atoms with Crippen LogP contribution in [0.15, 0.2) is 72.9 Å². The minimum absolute atomic E-state index is 0.00248. The molecule has 140 valence electrons. The van der Waals surface area contributed by atoms with E-state index < -0.39 is 18.2 Å². The number of nitrogens with two attached hydrogens (primary N) is 1. The Bertz CT molecular complexity index is 795. The molecular weight excluding hydrogens is 346 g/mol. The van der Waals surface area contributed by atoms with E-state index in [-0.39, 0.29) is 19.4 Å². The zero-order valence-electron chi connectivity index (χ0n) is 14.7. The fourth-order valence-corrected chi connectivity index (χ4v) is 2.53. The number of rotatable bonds is 7. The predicted molar refractivity (Wildman–Crippen MR) is 99.3 cm³/mol. The molecule has 1 aliphatic heterocycles. The van der Waals surface area contributed by atoms with Gasteiger partial charge in [-0.15, -0.1) is 0 Å². The molecule has 0 spiro atoms. The zero-order chi connectivity index (χ0) is 19.1. The predicted octanol–water partition coefficient (Wildman–Crippen LogP) is 2.38. The number of hydrogen-bond acceptors (Lipinski definition) is 5. The molecule has 0 fully saturated rings. The third kappa shape index (κ3) is 5.16. The van der Waals surface area contributed by atoms with Gasteiger partial charge in [0.25, 0.3) is 0 Å². The maximum atomic E-state index is 12.2. The SMILES string of the molecule is NC1C=CN(COC(COC(=O)c2ccccc2)c2ccccc2)C(=O)N1. The van der Waals surface area contributed by atoms with Gasteiger partial charge >= 0.3 is 12.0 Å². The molecule has 2 atom stereocenters. The van der Waals surface area contributed by atoms with Gasteiger partial charge in [-0.25, -0.2) is 9.59 Å². The summed E-state index contributed by atoms with van der Waals surface area (Å²) in [5.74, 6) is -0.429. The summed E-state index contributed by atoms with van der Waals surface area (Å²) in [6.45, 7) is 0.0218. The van der Waals surface area contributed by atoms with Gasteiger partial charge in [-0.3, -0.25) is 4.90 Å². The molecule has 2 aromatic rings. The van der Waals surface area contributed by atoms with Crippen LogP contribution in [0.5, 0.6) is 0 Å². The van der Waals surface area contributed by atoms with E-state index in [2.05, 4.69) is 5.32 Å². The summed E-state index contributed by atoms with van der Waals surface area (Å²) < 4.78 is 11.3. The largest absolute Gasteiger partial charge is 0.459 e. The van der Waals surface area contributed by atoms with Crippen molar-refractivity contribution in [3.05, 3.63) is 84.1 Å². The number of esters is 1. The molecule has 0 bridgehead atoms. The molecule has 2 aromatic carbocycles. The fraction of sp³-hybridized carbons (Fsp3) is 0.200. The van der Waals surface area contributed by atoms with Crippen LogP contribution in [0.25, 0.3) is 0 Å². The first-order chi connectivity index (χ1) is 13.1. The Labute approximate surface area is 157 Å². The van der Waals surface area contributed by atoms with Crippen molar-refractivity contribution in [2.45, 2.75) is 12.3 Å². The maximum absolute atomic E-state index is 12.2. The minimum atomic E-state index is -0.518. The van der Waals surface area contributed by atoms with Crippen LogP contribution < -0.4 is 11.1 Å². The lowest BCUT2D eigenvalue weighted by atomic mass is 10.1. The van der Waals surface area contributed by atoms with Crippen LogP contribution in [0, 0.1) is 0 Å². The molecule has 27 heavy (non-hydrogen) atoms. The fourth-order valence-electron chi connectivity index (χ4n) is 2.53. The molecule has 3 N–H and O–H groups in total. The molecule has 2 amide bonds. The van der Waals surface area contributed by atoms with Crippen molar-refractivity contribution >= 4 is 12.0 Å². The standard InChI is InChI=1S/C20H21N3O4/c21-18-11-12-23(20(25)22-18)14-27-17(15-7-3-1-4-8-15)13-26-19(24)16-9-5-2-6-10-16/h1-12,17-18H,13-14,21H2,(H,22,25). The second-order valence-corrected chi connectivity index (χ2v) is 5.95. The normalized spacial score (nSPS) is 17.3. The van der Waals surface area contributed by atoms with Crippen LogP contribution in [0.2, 0.25) is 0 Å². The summed E-state index contributed by atoms with van der Waals surface area (Å²) in [4.78, 5) is 25.5. The number of nitrogens with one attached hydrogen (secondary N) is 1.